The minimum Gasteiger partial charge on any atom is -0.346 e. The molecule has 0 atom stereocenters. The Morgan fingerprint density at radius 1 is 1.28 bits per heavy atom. The molecule has 0 spiro atoms. The number of non-ortho nitro benzene ring substituents is 1. The van der Waals surface area contributed by atoms with Gasteiger partial charge in [0.25, 0.3) is 11.6 Å². The van der Waals surface area contributed by atoms with Gasteiger partial charge in [-0.15, -0.1) is 0 Å². The van der Waals surface area contributed by atoms with Gasteiger partial charge in [-0.25, -0.2) is 0 Å². The van der Waals surface area contributed by atoms with Crippen molar-refractivity contribution in [1.82, 2.24) is 5.32 Å². The Labute approximate surface area is 112 Å². The zero-order chi connectivity index (χ0) is 13.7. The van der Waals surface area contributed by atoms with E-state index in [2.05, 4.69) is 5.32 Å². The van der Waals surface area contributed by atoms with E-state index in [4.69, 9.17) is 23.2 Å². The molecule has 96 valence electrons. The van der Waals surface area contributed by atoms with Crippen molar-refractivity contribution in [2.75, 3.05) is 6.54 Å². The molecule has 1 amide bonds. The molecule has 0 heterocycles. The lowest BCUT2D eigenvalue weighted by Crippen LogP contribution is -2.33. The summed E-state index contributed by atoms with van der Waals surface area (Å²) in [6, 6.07) is 5.04. The molecule has 0 aliphatic rings. The van der Waals surface area contributed by atoms with Crippen molar-refractivity contribution in [3.05, 3.63) is 39.9 Å². The van der Waals surface area contributed by atoms with E-state index in [0.29, 0.717) is 0 Å². The molecule has 0 unspecified atom stereocenters. The first-order valence-electron chi connectivity index (χ1n) is 4.75. The Balaban J connectivity index is 2.62. The number of alkyl halides is 2. The van der Waals surface area contributed by atoms with Gasteiger partial charge in [-0.05, 0) is 12.1 Å². The van der Waals surface area contributed by atoms with Gasteiger partial charge in [0.2, 0.25) is 0 Å². The molecule has 0 saturated carbocycles. The van der Waals surface area contributed by atoms with E-state index in [-0.39, 0.29) is 17.8 Å². The van der Waals surface area contributed by atoms with E-state index in [9.17, 15) is 19.7 Å². The van der Waals surface area contributed by atoms with Gasteiger partial charge in [0.1, 0.15) is 0 Å². The molecular formula is C10H8Cl2N2O4. The third kappa shape index (κ3) is 3.97. The first kappa shape index (κ1) is 14.4. The number of amides is 1. The fraction of sp³-hybridized carbons (Fsp3) is 0.200. The molecular weight excluding hydrogens is 283 g/mol. The zero-order valence-electron chi connectivity index (χ0n) is 8.93. The molecule has 18 heavy (non-hydrogen) atoms. The molecule has 0 aliphatic carbocycles. The summed E-state index contributed by atoms with van der Waals surface area (Å²) in [6.07, 6.45) is 0. The number of carbonyl (C=O) groups excluding carboxylic acids is 2. The fourth-order valence-corrected chi connectivity index (χ4v) is 1.27. The number of halogens is 2. The van der Waals surface area contributed by atoms with Crippen LogP contribution in [0.1, 0.15) is 10.4 Å². The highest BCUT2D eigenvalue weighted by Gasteiger charge is 2.14. The van der Waals surface area contributed by atoms with Gasteiger partial charge in [0.15, 0.2) is 10.6 Å². The summed E-state index contributed by atoms with van der Waals surface area (Å²) in [5.41, 5.74) is 0.138. The largest absolute Gasteiger partial charge is 0.346 e. The standard InChI is InChI=1S/C10H8Cl2N2O4/c11-9(12)10(16)13-5-8(15)6-1-3-7(4-2-6)14(17)18/h1-4,9H,5H2,(H,13,16). The number of benzene rings is 1. The molecule has 1 aromatic rings. The van der Waals surface area contributed by atoms with Crippen LogP contribution in [0.4, 0.5) is 5.69 Å². The highest BCUT2D eigenvalue weighted by molar-refractivity contribution is 6.53. The number of nitro groups is 1. The van der Waals surface area contributed by atoms with Crippen molar-refractivity contribution >= 4 is 40.6 Å². The number of nitrogens with zero attached hydrogens (tertiary/aromatic N) is 1. The van der Waals surface area contributed by atoms with Crippen molar-refractivity contribution < 1.29 is 14.5 Å². The van der Waals surface area contributed by atoms with E-state index in [1.54, 1.807) is 0 Å². The fourth-order valence-electron chi connectivity index (χ4n) is 1.12. The van der Waals surface area contributed by atoms with Crippen LogP contribution in [-0.2, 0) is 4.79 Å². The second kappa shape index (κ2) is 6.32. The van der Waals surface area contributed by atoms with Gasteiger partial charge >= 0.3 is 0 Å². The summed E-state index contributed by atoms with van der Waals surface area (Å²) in [7, 11) is 0. The molecule has 0 saturated heterocycles. The summed E-state index contributed by atoms with van der Waals surface area (Å²) in [4.78, 5) is 31.2. The van der Waals surface area contributed by atoms with Gasteiger partial charge in [-0.3, -0.25) is 19.7 Å². The van der Waals surface area contributed by atoms with Crippen LogP contribution >= 0.6 is 23.2 Å². The molecule has 0 radical (unpaired) electrons. The average molecular weight is 291 g/mol. The lowest BCUT2D eigenvalue weighted by atomic mass is 10.1. The Morgan fingerprint density at radius 3 is 2.28 bits per heavy atom. The van der Waals surface area contributed by atoms with Crippen molar-refractivity contribution in [2.24, 2.45) is 0 Å². The number of nitrogens with one attached hydrogen (secondary N) is 1. The minimum absolute atomic E-state index is 0.114. The Bertz CT molecular complexity index is 473. The van der Waals surface area contributed by atoms with Crippen LogP contribution in [0.5, 0.6) is 0 Å². The maximum Gasteiger partial charge on any atom is 0.269 e. The Kier molecular flexibility index (Phi) is 5.06. The van der Waals surface area contributed by atoms with Crippen molar-refractivity contribution in [1.29, 1.82) is 0 Å². The molecule has 8 heteroatoms. The lowest BCUT2D eigenvalue weighted by Gasteiger charge is -2.04. The third-order valence-electron chi connectivity index (χ3n) is 2.02. The second-order valence-corrected chi connectivity index (χ2v) is 4.34. The highest BCUT2D eigenvalue weighted by Crippen LogP contribution is 2.12. The van der Waals surface area contributed by atoms with Crippen LogP contribution in [0.2, 0.25) is 0 Å². The summed E-state index contributed by atoms with van der Waals surface area (Å²) in [6.45, 7) is -0.271. The predicted molar refractivity (Wildman–Crippen MR) is 65.9 cm³/mol. The number of Topliss-reactive ketones (excluding diaryl/α,β-unsaturated/α-hetero) is 1. The van der Waals surface area contributed by atoms with Gasteiger partial charge < -0.3 is 5.32 Å². The number of ketones is 1. The smallest absolute Gasteiger partial charge is 0.269 e. The highest BCUT2D eigenvalue weighted by atomic mass is 35.5. The first-order chi connectivity index (χ1) is 8.41. The van der Waals surface area contributed by atoms with E-state index >= 15 is 0 Å². The summed E-state index contributed by atoms with van der Waals surface area (Å²) < 4.78 is 0. The number of rotatable bonds is 5. The van der Waals surface area contributed by atoms with Crippen LogP contribution in [0.15, 0.2) is 24.3 Å². The molecule has 0 aromatic heterocycles. The third-order valence-corrected chi connectivity index (χ3v) is 2.42. The molecule has 1 N–H and O–H groups in total. The van der Waals surface area contributed by atoms with Gasteiger partial charge in [0, 0.05) is 17.7 Å². The van der Waals surface area contributed by atoms with Crippen LogP contribution in [0.3, 0.4) is 0 Å². The van der Waals surface area contributed by atoms with Gasteiger partial charge in [-0.2, -0.15) is 0 Å². The monoisotopic (exact) mass is 290 g/mol. The molecule has 6 nitrogen and oxygen atoms in total. The number of nitro benzene ring substituents is 1. The molecule has 0 aliphatic heterocycles. The SMILES string of the molecule is O=C(CNC(=O)C(Cl)Cl)c1ccc([N+](=O)[O-])cc1. The minimum atomic E-state index is -1.24. The first-order valence-corrected chi connectivity index (χ1v) is 5.62. The maximum atomic E-state index is 11.6. The summed E-state index contributed by atoms with van der Waals surface area (Å²) in [5, 5.41) is 12.6. The van der Waals surface area contributed by atoms with Crippen LogP contribution < -0.4 is 5.32 Å². The van der Waals surface area contributed by atoms with Gasteiger partial charge in [-0.1, -0.05) is 23.2 Å². The van der Waals surface area contributed by atoms with Crippen molar-refractivity contribution in [3.8, 4) is 0 Å². The Hall–Kier alpha value is -1.66. The topological polar surface area (TPSA) is 89.3 Å². The van der Waals surface area contributed by atoms with Gasteiger partial charge in [0.05, 0.1) is 11.5 Å². The second-order valence-electron chi connectivity index (χ2n) is 3.25. The van der Waals surface area contributed by atoms with Crippen LogP contribution in [0.25, 0.3) is 0 Å². The quantitative estimate of drug-likeness (QED) is 0.387. The normalized spacial score (nSPS) is 10.2. The van der Waals surface area contributed by atoms with Crippen LogP contribution in [-0.4, -0.2) is 28.0 Å². The van der Waals surface area contributed by atoms with Crippen molar-refractivity contribution in [2.45, 2.75) is 4.84 Å². The molecule has 0 fully saturated rings. The zero-order valence-corrected chi connectivity index (χ0v) is 10.4. The number of carbonyl (C=O) groups is 2. The number of hydrogen-bond acceptors (Lipinski definition) is 4. The molecule has 1 aromatic carbocycles. The summed E-state index contributed by atoms with van der Waals surface area (Å²) >= 11 is 10.6. The van der Waals surface area contributed by atoms with Crippen LogP contribution in [0, 0.1) is 10.1 Å². The van der Waals surface area contributed by atoms with E-state index in [1.807, 2.05) is 0 Å². The predicted octanol–water partition coefficient (Wildman–Crippen LogP) is 1.70. The molecule has 0 bridgehead atoms. The average Bonchev–Trinajstić information content (AvgIpc) is 2.35. The number of hydrogen-bond donors (Lipinski definition) is 1. The van der Waals surface area contributed by atoms with E-state index < -0.39 is 21.5 Å². The van der Waals surface area contributed by atoms with E-state index in [1.165, 1.54) is 24.3 Å². The molecule has 1 rings (SSSR count). The lowest BCUT2D eigenvalue weighted by molar-refractivity contribution is -0.384. The Morgan fingerprint density at radius 2 is 1.83 bits per heavy atom. The van der Waals surface area contributed by atoms with Crippen molar-refractivity contribution in [3.63, 3.8) is 0 Å². The summed E-state index contributed by atoms with van der Waals surface area (Å²) in [5.74, 6) is -1.07. The van der Waals surface area contributed by atoms with E-state index in [0.717, 1.165) is 0 Å². The maximum absolute atomic E-state index is 11.6.